The Morgan fingerprint density at radius 2 is 2.27 bits per heavy atom. The lowest BCUT2D eigenvalue weighted by Crippen LogP contribution is -2.35. The number of amides is 1. The Morgan fingerprint density at radius 1 is 1.50 bits per heavy atom. The number of carbonyl (C=O) groups excluding carboxylic acids is 1. The molecule has 0 aliphatic carbocycles. The number of thioether (sulfide) groups is 1. The maximum Gasteiger partial charge on any atom is 0.410 e. The zero-order chi connectivity index (χ0) is 16.2. The van der Waals surface area contributed by atoms with Crippen LogP contribution in [0.1, 0.15) is 27.2 Å². The van der Waals surface area contributed by atoms with Crippen LogP contribution in [0.4, 0.5) is 4.79 Å². The van der Waals surface area contributed by atoms with Crippen LogP contribution in [0.2, 0.25) is 0 Å². The van der Waals surface area contributed by atoms with Gasteiger partial charge in [-0.05, 0) is 33.4 Å². The van der Waals surface area contributed by atoms with Crippen LogP contribution >= 0.6 is 11.8 Å². The predicted molar refractivity (Wildman–Crippen MR) is 85.2 cm³/mol. The summed E-state index contributed by atoms with van der Waals surface area (Å²) in [7, 11) is 0. The third-order valence-corrected chi connectivity index (χ3v) is 3.76. The second-order valence-electron chi connectivity index (χ2n) is 6.27. The Balaban J connectivity index is 1.80. The fourth-order valence-electron chi connectivity index (χ4n) is 2.17. The molecule has 0 bridgehead atoms. The standard InChI is InChI=1S/C15H23N3O3S/c1-15(2,3)21-14(19)18-8-6-11(9-18)10-20-12-5-7-16-13(17-12)22-4/h5,7,11H,6,8-10H2,1-4H3/t11-/m1/s1. The number of nitrogens with zero attached hydrogens (tertiary/aromatic N) is 3. The van der Waals surface area contributed by atoms with Gasteiger partial charge in [-0.25, -0.2) is 9.78 Å². The molecule has 2 heterocycles. The van der Waals surface area contributed by atoms with Gasteiger partial charge in [-0.1, -0.05) is 11.8 Å². The molecule has 1 aliphatic heterocycles. The average molecular weight is 325 g/mol. The molecular formula is C15H23N3O3S. The first-order valence-corrected chi connectivity index (χ1v) is 8.57. The first-order valence-electron chi connectivity index (χ1n) is 7.35. The molecule has 1 atom stereocenters. The average Bonchev–Trinajstić information content (AvgIpc) is 2.92. The molecule has 0 saturated carbocycles. The number of hydrogen-bond acceptors (Lipinski definition) is 6. The Hall–Kier alpha value is -1.50. The molecule has 6 nitrogen and oxygen atoms in total. The molecular weight excluding hydrogens is 302 g/mol. The maximum absolute atomic E-state index is 12.0. The van der Waals surface area contributed by atoms with E-state index in [1.807, 2.05) is 27.0 Å². The van der Waals surface area contributed by atoms with Crippen LogP contribution in [0.15, 0.2) is 17.4 Å². The van der Waals surface area contributed by atoms with Gasteiger partial charge in [0.15, 0.2) is 5.16 Å². The van der Waals surface area contributed by atoms with Crippen molar-refractivity contribution in [1.82, 2.24) is 14.9 Å². The van der Waals surface area contributed by atoms with Crippen molar-refractivity contribution in [2.45, 2.75) is 37.9 Å². The van der Waals surface area contributed by atoms with Gasteiger partial charge in [0.05, 0.1) is 6.61 Å². The Labute approximate surface area is 135 Å². The summed E-state index contributed by atoms with van der Waals surface area (Å²) < 4.78 is 11.1. The van der Waals surface area contributed by atoms with E-state index >= 15 is 0 Å². The third-order valence-electron chi connectivity index (χ3n) is 3.19. The van der Waals surface area contributed by atoms with Crippen LogP contribution in [0.3, 0.4) is 0 Å². The molecule has 1 fully saturated rings. The third kappa shape index (κ3) is 5.05. The zero-order valence-corrected chi connectivity index (χ0v) is 14.4. The van der Waals surface area contributed by atoms with Gasteiger partial charge >= 0.3 is 6.09 Å². The number of ether oxygens (including phenoxy) is 2. The number of likely N-dealkylation sites (tertiary alicyclic amines) is 1. The van der Waals surface area contributed by atoms with E-state index in [-0.39, 0.29) is 6.09 Å². The van der Waals surface area contributed by atoms with E-state index in [2.05, 4.69) is 9.97 Å². The monoisotopic (exact) mass is 325 g/mol. The predicted octanol–water partition coefficient (Wildman–Crippen LogP) is 2.83. The molecule has 0 radical (unpaired) electrons. The first kappa shape index (κ1) is 16.9. The van der Waals surface area contributed by atoms with Gasteiger partial charge < -0.3 is 14.4 Å². The van der Waals surface area contributed by atoms with Crippen molar-refractivity contribution in [3.05, 3.63) is 12.3 Å². The number of carbonyl (C=O) groups is 1. The number of aromatic nitrogens is 2. The first-order chi connectivity index (χ1) is 10.4. The highest BCUT2D eigenvalue weighted by atomic mass is 32.2. The van der Waals surface area contributed by atoms with E-state index in [1.54, 1.807) is 17.2 Å². The summed E-state index contributed by atoms with van der Waals surface area (Å²) in [6, 6.07) is 1.75. The fraction of sp³-hybridized carbons (Fsp3) is 0.667. The molecule has 7 heteroatoms. The molecule has 1 aromatic heterocycles. The minimum atomic E-state index is -0.457. The number of rotatable bonds is 4. The Morgan fingerprint density at radius 3 is 2.95 bits per heavy atom. The Kier molecular flexibility index (Phi) is 5.50. The summed E-state index contributed by atoms with van der Waals surface area (Å²) in [6.07, 6.45) is 4.28. The quantitative estimate of drug-likeness (QED) is 0.626. The van der Waals surface area contributed by atoms with Crippen LogP contribution in [-0.2, 0) is 4.74 Å². The van der Waals surface area contributed by atoms with E-state index in [4.69, 9.17) is 9.47 Å². The smallest absolute Gasteiger partial charge is 0.410 e. The summed E-state index contributed by atoms with van der Waals surface area (Å²) >= 11 is 1.48. The second kappa shape index (κ2) is 7.17. The minimum absolute atomic E-state index is 0.248. The summed E-state index contributed by atoms with van der Waals surface area (Å²) in [5.41, 5.74) is -0.457. The van der Waals surface area contributed by atoms with E-state index in [9.17, 15) is 4.79 Å². The molecule has 22 heavy (non-hydrogen) atoms. The van der Waals surface area contributed by atoms with Crippen LogP contribution in [0.25, 0.3) is 0 Å². The maximum atomic E-state index is 12.0. The van der Waals surface area contributed by atoms with Gasteiger partial charge in [-0.3, -0.25) is 0 Å². The molecule has 1 aliphatic rings. The SMILES string of the molecule is CSc1nccc(OC[C@@H]2CCN(C(=O)OC(C)(C)C)C2)n1. The lowest BCUT2D eigenvalue weighted by Gasteiger charge is -2.24. The molecule has 1 amide bonds. The summed E-state index contributed by atoms with van der Waals surface area (Å²) in [4.78, 5) is 22.1. The molecule has 1 aromatic rings. The van der Waals surface area contributed by atoms with Crippen LogP contribution in [0, 0.1) is 5.92 Å². The van der Waals surface area contributed by atoms with Crippen molar-refractivity contribution in [2.24, 2.45) is 5.92 Å². The van der Waals surface area contributed by atoms with Gasteiger partial charge in [0.2, 0.25) is 5.88 Å². The van der Waals surface area contributed by atoms with Gasteiger partial charge in [-0.2, -0.15) is 4.98 Å². The Bertz CT molecular complexity index is 519. The lowest BCUT2D eigenvalue weighted by atomic mass is 10.1. The second-order valence-corrected chi connectivity index (χ2v) is 7.05. The fourth-order valence-corrected chi connectivity index (χ4v) is 2.52. The van der Waals surface area contributed by atoms with Crippen LogP contribution < -0.4 is 4.74 Å². The highest BCUT2D eigenvalue weighted by Gasteiger charge is 2.30. The van der Waals surface area contributed by atoms with Crippen molar-refractivity contribution in [2.75, 3.05) is 26.0 Å². The normalized spacial score (nSPS) is 18.4. The molecule has 1 saturated heterocycles. The van der Waals surface area contributed by atoms with E-state index in [1.165, 1.54) is 11.8 Å². The highest BCUT2D eigenvalue weighted by molar-refractivity contribution is 7.98. The topological polar surface area (TPSA) is 64.5 Å². The van der Waals surface area contributed by atoms with E-state index in [0.717, 1.165) is 6.42 Å². The molecule has 0 spiro atoms. The summed E-state index contributed by atoms with van der Waals surface area (Å²) in [6.45, 7) is 7.54. The minimum Gasteiger partial charge on any atom is -0.477 e. The zero-order valence-electron chi connectivity index (χ0n) is 13.5. The van der Waals surface area contributed by atoms with Crippen LogP contribution in [0.5, 0.6) is 5.88 Å². The van der Waals surface area contributed by atoms with Crippen molar-refractivity contribution in [3.63, 3.8) is 0 Å². The molecule has 122 valence electrons. The molecule has 0 N–H and O–H groups in total. The summed E-state index contributed by atoms with van der Waals surface area (Å²) in [5.74, 6) is 0.885. The number of hydrogen-bond donors (Lipinski definition) is 0. The van der Waals surface area contributed by atoms with Gasteiger partial charge in [0.25, 0.3) is 0 Å². The van der Waals surface area contributed by atoms with E-state index in [0.29, 0.717) is 36.7 Å². The highest BCUT2D eigenvalue weighted by Crippen LogP contribution is 2.21. The van der Waals surface area contributed by atoms with E-state index < -0.39 is 5.60 Å². The van der Waals surface area contributed by atoms with Crippen molar-refractivity contribution < 1.29 is 14.3 Å². The lowest BCUT2D eigenvalue weighted by molar-refractivity contribution is 0.0284. The van der Waals surface area contributed by atoms with Crippen molar-refractivity contribution in [3.8, 4) is 5.88 Å². The molecule has 0 unspecified atom stereocenters. The van der Waals surface area contributed by atoms with Crippen molar-refractivity contribution in [1.29, 1.82) is 0 Å². The van der Waals surface area contributed by atoms with Crippen LogP contribution in [-0.4, -0.2) is 52.5 Å². The largest absolute Gasteiger partial charge is 0.477 e. The molecule has 2 rings (SSSR count). The van der Waals surface area contributed by atoms with Gasteiger partial charge in [0, 0.05) is 31.3 Å². The summed E-state index contributed by atoms with van der Waals surface area (Å²) in [5, 5.41) is 0.694. The van der Waals surface area contributed by atoms with Crippen molar-refractivity contribution >= 4 is 17.9 Å². The van der Waals surface area contributed by atoms with Gasteiger partial charge in [-0.15, -0.1) is 0 Å². The molecule has 0 aromatic carbocycles. The van der Waals surface area contributed by atoms with Gasteiger partial charge in [0.1, 0.15) is 5.60 Å².